The number of rotatable bonds is 5. The summed E-state index contributed by atoms with van der Waals surface area (Å²) in [6, 6.07) is 7.92. The number of nitrogens with zero attached hydrogens (tertiary/aromatic N) is 2. The molecule has 1 aromatic carbocycles. The molecule has 1 aliphatic rings. The van der Waals surface area contributed by atoms with Gasteiger partial charge in [0.2, 0.25) is 0 Å². The average molecular weight is 328 g/mol. The van der Waals surface area contributed by atoms with Crippen LogP contribution < -0.4 is 11.1 Å². The Bertz CT molecular complexity index is 618. The van der Waals surface area contributed by atoms with E-state index < -0.39 is 6.03 Å². The van der Waals surface area contributed by atoms with Crippen LogP contribution in [0, 0.1) is 17.2 Å². The molecule has 0 bridgehead atoms. The summed E-state index contributed by atoms with van der Waals surface area (Å²) in [6.45, 7) is 0.235. The zero-order valence-corrected chi connectivity index (χ0v) is 13.8. The van der Waals surface area contributed by atoms with Gasteiger partial charge in [0.1, 0.15) is 6.54 Å². The van der Waals surface area contributed by atoms with E-state index in [-0.39, 0.29) is 12.5 Å². The fourth-order valence-electron chi connectivity index (χ4n) is 3.12. The molecule has 0 saturated heterocycles. The van der Waals surface area contributed by atoms with Crippen LogP contribution in [-0.2, 0) is 0 Å². The van der Waals surface area contributed by atoms with Crippen molar-refractivity contribution in [2.24, 2.45) is 5.92 Å². The first-order valence-electron chi connectivity index (χ1n) is 8.44. The van der Waals surface area contributed by atoms with Gasteiger partial charge in [-0.3, -0.25) is 9.69 Å². The van der Waals surface area contributed by atoms with E-state index in [0.717, 1.165) is 19.3 Å². The van der Waals surface area contributed by atoms with Crippen molar-refractivity contribution in [3.8, 4) is 6.07 Å². The highest BCUT2D eigenvalue weighted by atomic mass is 16.2. The Labute approximate surface area is 142 Å². The number of amides is 3. The van der Waals surface area contributed by atoms with Crippen LogP contribution in [0.3, 0.4) is 0 Å². The van der Waals surface area contributed by atoms with Gasteiger partial charge in [-0.15, -0.1) is 0 Å². The lowest BCUT2D eigenvalue weighted by Crippen LogP contribution is -2.45. The van der Waals surface area contributed by atoms with Gasteiger partial charge in [0.05, 0.1) is 6.07 Å². The van der Waals surface area contributed by atoms with Crippen molar-refractivity contribution < 1.29 is 9.59 Å². The van der Waals surface area contributed by atoms with Crippen LogP contribution in [0.25, 0.3) is 0 Å². The predicted molar refractivity (Wildman–Crippen MR) is 92.1 cm³/mol. The SMILES string of the molecule is N#CCNC(=O)N(CCC1CCCCC1)C(=O)c1cccc(N)c1. The largest absolute Gasteiger partial charge is 0.399 e. The Morgan fingerprint density at radius 2 is 2.04 bits per heavy atom. The third kappa shape index (κ3) is 4.98. The highest BCUT2D eigenvalue weighted by Gasteiger charge is 2.24. The van der Waals surface area contributed by atoms with Crippen LogP contribution >= 0.6 is 0 Å². The molecular formula is C18H24N4O2. The highest BCUT2D eigenvalue weighted by molar-refractivity contribution is 6.04. The molecule has 1 fully saturated rings. The summed E-state index contributed by atoms with van der Waals surface area (Å²) in [5, 5.41) is 11.1. The molecule has 2 rings (SSSR count). The Hall–Kier alpha value is -2.55. The lowest BCUT2D eigenvalue weighted by atomic mass is 9.87. The normalized spacial score (nSPS) is 14.6. The van der Waals surface area contributed by atoms with E-state index in [9.17, 15) is 9.59 Å². The average Bonchev–Trinajstić information content (AvgIpc) is 2.60. The maximum atomic E-state index is 12.7. The van der Waals surface area contributed by atoms with Crippen LogP contribution in [0.1, 0.15) is 48.9 Å². The lowest BCUT2D eigenvalue weighted by molar-refractivity contribution is 0.0790. The molecule has 1 saturated carbocycles. The zero-order chi connectivity index (χ0) is 17.4. The van der Waals surface area contributed by atoms with Gasteiger partial charge in [0.15, 0.2) is 0 Å². The van der Waals surface area contributed by atoms with Crippen LogP contribution in [0.5, 0.6) is 0 Å². The second-order valence-corrected chi connectivity index (χ2v) is 6.19. The summed E-state index contributed by atoms with van der Waals surface area (Å²) in [6.07, 6.45) is 6.81. The Kier molecular flexibility index (Phi) is 6.62. The molecule has 0 unspecified atom stereocenters. The first-order chi connectivity index (χ1) is 11.6. The molecule has 0 aromatic heterocycles. The van der Waals surface area contributed by atoms with Gasteiger partial charge >= 0.3 is 6.03 Å². The topological polar surface area (TPSA) is 99.2 Å². The van der Waals surface area contributed by atoms with Crippen LogP contribution in [0.15, 0.2) is 24.3 Å². The number of nitriles is 1. The Balaban J connectivity index is 2.07. The number of carbonyl (C=O) groups is 2. The number of hydrogen-bond acceptors (Lipinski definition) is 4. The summed E-state index contributed by atoms with van der Waals surface area (Å²) in [5.41, 5.74) is 6.59. The smallest absolute Gasteiger partial charge is 0.325 e. The Morgan fingerprint density at radius 3 is 2.71 bits per heavy atom. The molecule has 3 amide bonds. The fourth-order valence-corrected chi connectivity index (χ4v) is 3.12. The molecule has 1 aliphatic carbocycles. The number of nitrogens with two attached hydrogens (primary N) is 1. The van der Waals surface area contributed by atoms with Crippen LogP contribution in [0.2, 0.25) is 0 Å². The minimum absolute atomic E-state index is 0.122. The van der Waals surface area contributed by atoms with Crippen molar-refractivity contribution in [1.82, 2.24) is 10.2 Å². The van der Waals surface area contributed by atoms with Gasteiger partial charge in [-0.1, -0.05) is 38.2 Å². The van der Waals surface area contributed by atoms with Gasteiger partial charge < -0.3 is 11.1 Å². The van der Waals surface area contributed by atoms with Crippen molar-refractivity contribution in [3.63, 3.8) is 0 Å². The molecule has 0 heterocycles. The number of carbonyl (C=O) groups excluding carboxylic acids is 2. The number of hydrogen-bond donors (Lipinski definition) is 2. The number of imide groups is 1. The standard InChI is InChI=1S/C18H24N4O2/c19-10-11-21-18(24)22(12-9-14-5-2-1-3-6-14)17(23)15-7-4-8-16(20)13-15/h4,7-8,13-14H,1-3,5-6,9,11-12,20H2,(H,21,24). The van der Waals surface area contributed by atoms with Crippen molar-refractivity contribution in [2.45, 2.75) is 38.5 Å². The molecule has 0 spiro atoms. The molecule has 0 radical (unpaired) electrons. The van der Waals surface area contributed by atoms with E-state index >= 15 is 0 Å². The van der Waals surface area contributed by atoms with Crippen LogP contribution in [-0.4, -0.2) is 29.9 Å². The number of nitrogens with one attached hydrogen (secondary N) is 1. The Morgan fingerprint density at radius 1 is 1.29 bits per heavy atom. The second-order valence-electron chi connectivity index (χ2n) is 6.19. The molecule has 6 nitrogen and oxygen atoms in total. The quantitative estimate of drug-likeness (QED) is 0.641. The zero-order valence-electron chi connectivity index (χ0n) is 13.8. The predicted octanol–water partition coefficient (Wildman–Crippen LogP) is 2.91. The highest BCUT2D eigenvalue weighted by Crippen LogP contribution is 2.26. The van der Waals surface area contributed by atoms with Gasteiger partial charge in [-0.25, -0.2) is 4.79 Å². The van der Waals surface area contributed by atoms with Crippen molar-refractivity contribution >= 4 is 17.6 Å². The van der Waals surface area contributed by atoms with Crippen molar-refractivity contribution in [2.75, 3.05) is 18.8 Å². The molecule has 6 heteroatoms. The van der Waals surface area contributed by atoms with E-state index in [4.69, 9.17) is 11.0 Å². The number of benzene rings is 1. The van der Waals surface area contributed by atoms with Gasteiger partial charge in [-0.2, -0.15) is 5.26 Å². The van der Waals surface area contributed by atoms with E-state index in [1.54, 1.807) is 24.3 Å². The first-order valence-corrected chi connectivity index (χ1v) is 8.44. The van der Waals surface area contributed by atoms with E-state index in [1.165, 1.54) is 24.2 Å². The summed E-state index contributed by atoms with van der Waals surface area (Å²) in [5.74, 6) is 0.173. The minimum Gasteiger partial charge on any atom is -0.399 e. The molecule has 24 heavy (non-hydrogen) atoms. The monoisotopic (exact) mass is 328 g/mol. The fraction of sp³-hybridized carbons (Fsp3) is 0.500. The van der Waals surface area contributed by atoms with Gasteiger partial charge in [0, 0.05) is 17.8 Å². The maximum Gasteiger partial charge on any atom is 0.325 e. The summed E-state index contributed by atoms with van der Waals surface area (Å²) in [4.78, 5) is 26.2. The minimum atomic E-state index is -0.528. The molecule has 3 N–H and O–H groups in total. The number of nitrogen functional groups attached to an aromatic ring is 1. The molecule has 1 aromatic rings. The third-order valence-corrected chi connectivity index (χ3v) is 4.43. The first kappa shape index (κ1) is 17.8. The number of urea groups is 1. The number of anilines is 1. The van der Waals surface area contributed by atoms with E-state index in [2.05, 4.69) is 5.32 Å². The summed E-state index contributed by atoms with van der Waals surface area (Å²) < 4.78 is 0. The summed E-state index contributed by atoms with van der Waals surface area (Å²) >= 11 is 0. The second kappa shape index (κ2) is 8.92. The molecule has 128 valence electrons. The molecular weight excluding hydrogens is 304 g/mol. The van der Waals surface area contributed by atoms with E-state index in [1.807, 2.05) is 6.07 Å². The maximum absolute atomic E-state index is 12.7. The lowest BCUT2D eigenvalue weighted by Gasteiger charge is -2.26. The van der Waals surface area contributed by atoms with Gasteiger partial charge in [0.25, 0.3) is 5.91 Å². The van der Waals surface area contributed by atoms with Gasteiger partial charge in [-0.05, 0) is 30.5 Å². The summed E-state index contributed by atoms with van der Waals surface area (Å²) in [7, 11) is 0. The molecule has 0 atom stereocenters. The van der Waals surface area contributed by atoms with E-state index in [0.29, 0.717) is 23.7 Å². The van der Waals surface area contributed by atoms with Crippen molar-refractivity contribution in [3.05, 3.63) is 29.8 Å². The van der Waals surface area contributed by atoms with Crippen LogP contribution in [0.4, 0.5) is 10.5 Å². The molecule has 0 aliphatic heterocycles. The van der Waals surface area contributed by atoms with Crippen molar-refractivity contribution in [1.29, 1.82) is 5.26 Å². The third-order valence-electron chi connectivity index (χ3n) is 4.43.